The molecule has 3 aromatic rings. The first kappa shape index (κ1) is 30.0. The van der Waals surface area contributed by atoms with Crippen molar-refractivity contribution in [2.24, 2.45) is 11.1 Å². The van der Waals surface area contributed by atoms with Crippen molar-refractivity contribution in [3.63, 3.8) is 0 Å². The minimum atomic E-state index is -4.44. The molecule has 0 saturated heterocycles. The summed E-state index contributed by atoms with van der Waals surface area (Å²) in [6, 6.07) is 7.73. The number of aromatic nitrogens is 2. The van der Waals surface area contributed by atoms with Crippen LogP contribution in [0.1, 0.15) is 63.9 Å². The van der Waals surface area contributed by atoms with Crippen LogP contribution < -0.4 is 11.1 Å². The zero-order valence-electron chi connectivity index (χ0n) is 23.5. The van der Waals surface area contributed by atoms with Crippen molar-refractivity contribution in [2.75, 3.05) is 11.9 Å². The summed E-state index contributed by atoms with van der Waals surface area (Å²) in [5.74, 6) is -1.65. The highest BCUT2D eigenvalue weighted by atomic mass is 19.4. The Morgan fingerprint density at radius 1 is 1.07 bits per heavy atom. The van der Waals surface area contributed by atoms with Gasteiger partial charge >= 0.3 is 6.18 Å². The van der Waals surface area contributed by atoms with Crippen molar-refractivity contribution in [3.05, 3.63) is 64.4 Å². The van der Waals surface area contributed by atoms with Crippen molar-refractivity contribution < 1.29 is 27.1 Å². The SMILES string of the molecule is CCc1cccc(CC)c1-n1nc2c(c1-c1cc(F)c(NC(N)O)cc1F)CN(CC(C)(C)C(F)(F)F)C2(C)C. The standard InChI is InChI=1S/C29H36F5N5O/c1-7-16-10-9-11-17(8-2)23(16)39-24(18-12-21(31)22(13-20(18)30)36-26(35)40)19-14-38(28(5,6)25(19)37-39)15-27(3,4)29(32,33)34/h9-13,26,36,40H,7-8,14-15,35H2,1-6H3. The van der Waals surface area contributed by atoms with Crippen LogP contribution in [0.25, 0.3) is 16.9 Å². The van der Waals surface area contributed by atoms with Crippen molar-refractivity contribution >= 4 is 5.69 Å². The smallest absolute Gasteiger partial charge is 0.361 e. The molecule has 0 radical (unpaired) electrons. The molecular weight excluding hydrogens is 529 g/mol. The Bertz CT molecular complexity index is 1390. The number of halogens is 5. The maximum atomic E-state index is 15.8. The third-order valence-electron chi connectivity index (χ3n) is 7.85. The second-order valence-corrected chi connectivity index (χ2v) is 11.4. The number of aliphatic hydroxyl groups is 1. The van der Waals surface area contributed by atoms with E-state index in [4.69, 9.17) is 10.8 Å². The van der Waals surface area contributed by atoms with Gasteiger partial charge in [0, 0.05) is 30.3 Å². The summed E-state index contributed by atoms with van der Waals surface area (Å²) < 4.78 is 74.1. The van der Waals surface area contributed by atoms with E-state index in [1.807, 2.05) is 32.0 Å². The van der Waals surface area contributed by atoms with E-state index in [-0.39, 0.29) is 30.0 Å². The molecule has 2 heterocycles. The molecule has 0 spiro atoms. The Morgan fingerprint density at radius 3 is 2.20 bits per heavy atom. The number of fused-ring (bicyclic) bond motifs is 1. The van der Waals surface area contributed by atoms with Crippen LogP contribution >= 0.6 is 0 Å². The average Bonchev–Trinajstić information content (AvgIpc) is 3.33. The van der Waals surface area contributed by atoms with Gasteiger partial charge in [0.1, 0.15) is 11.6 Å². The molecule has 218 valence electrons. The monoisotopic (exact) mass is 565 g/mol. The lowest BCUT2D eigenvalue weighted by Gasteiger charge is -2.39. The number of anilines is 1. The van der Waals surface area contributed by atoms with Crippen LogP contribution in [0, 0.1) is 17.0 Å². The van der Waals surface area contributed by atoms with Crippen LogP contribution in [0.3, 0.4) is 0 Å². The molecule has 1 aromatic heterocycles. The zero-order valence-corrected chi connectivity index (χ0v) is 23.5. The van der Waals surface area contributed by atoms with Gasteiger partial charge in [0.15, 0.2) is 6.35 Å². The number of rotatable bonds is 8. The maximum absolute atomic E-state index is 15.8. The number of nitrogens with one attached hydrogen (secondary N) is 1. The average molecular weight is 566 g/mol. The summed E-state index contributed by atoms with van der Waals surface area (Å²) in [6.07, 6.45) is -4.75. The van der Waals surface area contributed by atoms with Crippen molar-refractivity contribution in [3.8, 4) is 16.9 Å². The van der Waals surface area contributed by atoms with Crippen molar-refractivity contribution in [1.82, 2.24) is 14.7 Å². The first-order chi connectivity index (χ1) is 18.5. The summed E-state index contributed by atoms with van der Waals surface area (Å²) in [4.78, 5) is 1.69. The van der Waals surface area contributed by atoms with Gasteiger partial charge < -0.3 is 10.4 Å². The summed E-state index contributed by atoms with van der Waals surface area (Å²) in [5, 5.41) is 16.6. The number of nitrogens with zero attached hydrogens (tertiary/aromatic N) is 3. The molecule has 1 aliphatic heterocycles. The number of hydrogen-bond donors (Lipinski definition) is 3. The quantitative estimate of drug-likeness (QED) is 0.223. The molecular formula is C29H36F5N5O. The highest BCUT2D eigenvalue weighted by molar-refractivity contribution is 5.72. The minimum Gasteiger partial charge on any atom is -0.361 e. The van der Waals surface area contributed by atoms with Crippen LogP contribution in [0.4, 0.5) is 27.6 Å². The molecule has 0 fully saturated rings. The summed E-state index contributed by atoms with van der Waals surface area (Å²) in [5.41, 5.74) is 5.90. The van der Waals surface area contributed by atoms with Crippen LogP contribution in [-0.2, 0) is 24.9 Å². The lowest BCUT2D eigenvalue weighted by molar-refractivity contribution is -0.220. The number of para-hydroxylation sites is 1. The van der Waals surface area contributed by atoms with Gasteiger partial charge in [-0.25, -0.2) is 13.5 Å². The topological polar surface area (TPSA) is 79.3 Å². The third-order valence-corrected chi connectivity index (χ3v) is 7.85. The highest BCUT2D eigenvalue weighted by Gasteiger charge is 2.52. The molecule has 1 aliphatic rings. The molecule has 6 nitrogen and oxygen atoms in total. The van der Waals surface area contributed by atoms with Gasteiger partial charge in [-0.3, -0.25) is 10.6 Å². The van der Waals surface area contributed by atoms with E-state index in [9.17, 15) is 18.3 Å². The van der Waals surface area contributed by atoms with Crippen LogP contribution in [0.15, 0.2) is 30.3 Å². The number of nitrogens with two attached hydrogens (primary N) is 1. The van der Waals surface area contributed by atoms with E-state index in [1.54, 1.807) is 23.4 Å². The highest BCUT2D eigenvalue weighted by Crippen LogP contribution is 2.48. The number of aryl methyl sites for hydroxylation is 2. The van der Waals surface area contributed by atoms with E-state index < -0.39 is 35.1 Å². The third kappa shape index (κ3) is 5.10. The van der Waals surface area contributed by atoms with Gasteiger partial charge in [-0.05, 0) is 57.7 Å². The van der Waals surface area contributed by atoms with E-state index in [0.717, 1.165) is 42.8 Å². The Balaban J connectivity index is 1.99. The summed E-state index contributed by atoms with van der Waals surface area (Å²) >= 11 is 0. The normalized spacial score (nSPS) is 16.3. The fourth-order valence-corrected chi connectivity index (χ4v) is 5.37. The molecule has 1 atom stereocenters. The molecule has 4 rings (SSSR count). The van der Waals surface area contributed by atoms with Gasteiger partial charge in [-0.2, -0.15) is 18.3 Å². The van der Waals surface area contributed by atoms with Crippen LogP contribution in [0.5, 0.6) is 0 Å². The van der Waals surface area contributed by atoms with E-state index in [1.165, 1.54) is 0 Å². The first-order valence-corrected chi connectivity index (χ1v) is 13.3. The van der Waals surface area contributed by atoms with Gasteiger partial charge in [0.25, 0.3) is 0 Å². The Kier molecular flexibility index (Phi) is 7.81. The Labute approximate surface area is 231 Å². The van der Waals surface area contributed by atoms with Gasteiger partial charge in [-0.15, -0.1) is 0 Å². The fourth-order valence-electron chi connectivity index (χ4n) is 5.37. The molecule has 4 N–H and O–H groups in total. The molecule has 1 unspecified atom stereocenters. The Morgan fingerprint density at radius 2 is 1.68 bits per heavy atom. The lowest BCUT2D eigenvalue weighted by atomic mass is 9.90. The van der Waals surface area contributed by atoms with Gasteiger partial charge in [-0.1, -0.05) is 32.0 Å². The van der Waals surface area contributed by atoms with Gasteiger partial charge in [0.05, 0.1) is 33.7 Å². The second kappa shape index (κ2) is 10.4. The van der Waals surface area contributed by atoms with E-state index in [0.29, 0.717) is 24.1 Å². The predicted molar refractivity (Wildman–Crippen MR) is 145 cm³/mol. The van der Waals surface area contributed by atoms with Crippen molar-refractivity contribution in [2.45, 2.75) is 79.0 Å². The van der Waals surface area contributed by atoms with Crippen LogP contribution in [-0.4, -0.2) is 38.9 Å². The summed E-state index contributed by atoms with van der Waals surface area (Å²) in [7, 11) is 0. The molecule has 0 saturated carbocycles. The maximum Gasteiger partial charge on any atom is 0.395 e. The van der Waals surface area contributed by atoms with Crippen LogP contribution in [0.2, 0.25) is 0 Å². The zero-order chi connectivity index (χ0) is 29.8. The number of hydrogen-bond acceptors (Lipinski definition) is 5. The minimum absolute atomic E-state index is 0.0650. The molecule has 40 heavy (non-hydrogen) atoms. The fraction of sp³-hybridized carbons (Fsp3) is 0.483. The van der Waals surface area contributed by atoms with E-state index >= 15 is 8.78 Å². The number of benzene rings is 2. The molecule has 11 heteroatoms. The summed E-state index contributed by atoms with van der Waals surface area (Å²) in [6.45, 7) is 9.62. The number of aliphatic hydroxyl groups excluding tert-OH is 1. The molecule has 0 bridgehead atoms. The Hall–Kier alpha value is -3.02. The first-order valence-electron chi connectivity index (χ1n) is 13.3. The van der Waals surface area contributed by atoms with E-state index in [2.05, 4.69) is 5.32 Å². The number of alkyl halides is 3. The molecule has 0 aliphatic carbocycles. The predicted octanol–water partition coefficient (Wildman–Crippen LogP) is 6.23. The van der Waals surface area contributed by atoms with Crippen molar-refractivity contribution in [1.29, 1.82) is 0 Å². The molecule has 0 amide bonds. The largest absolute Gasteiger partial charge is 0.395 e. The second-order valence-electron chi connectivity index (χ2n) is 11.4. The molecule has 2 aromatic carbocycles. The van der Waals surface area contributed by atoms with Gasteiger partial charge in [0.2, 0.25) is 0 Å². The lowest BCUT2D eigenvalue weighted by Crippen LogP contribution is -2.47.